The molecular formula is C40H46Br2N6O4. The number of halogens is 2. The number of aromatic hydroxyl groups is 1. The van der Waals surface area contributed by atoms with E-state index in [9.17, 15) is 19.5 Å². The van der Waals surface area contributed by atoms with Crippen LogP contribution in [0.1, 0.15) is 56.6 Å². The molecule has 52 heavy (non-hydrogen) atoms. The molecule has 4 aromatic rings. The molecule has 0 unspecified atom stereocenters. The van der Waals surface area contributed by atoms with Crippen molar-refractivity contribution < 1.29 is 14.7 Å². The summed E-state index contributed by atoms with van der Waals surface area (Å²) >= 11 is 6.82. The molecule has 3 fully saturated rings. The Balaban J connectivity index is 0.990. The normalized spacial score (nSPS) is 18.3. The Kier molecular flexibility index (Phi) is 11.5. The van der Waals surface area contributed by atoms with E-state index in [1.807, 2.05) is 41.4 Å². The van der Waals surface area contributed by atoms with Crippen molar-refractivity contribution in [3.05, 3.63) is 97.9 Å². The third-order valence-electron chi connectivity index (χ3n) is 11.0. The summed E-state index contributed by atoms with van der Waals surface area (Å²) in [5.74, 6) is 0.0109. The number of aromatic amines is 1. The molecule has 0 saturated carbocycles. The lowest BCUT2D eigenvalue weighted by atomic mass is 9.98. The molecule has 4 heterocycles. The second kappa shape index (κ2) is 16.4. The minimum absolute atomic E-state index is 0.0459. The molecule has 1 atom stereocenters. The number of urea groups is 1. The summed E-state index contributed by atoms with van der Waals surface area (Å²) in [7, 11) is 0. The third-order valence-corrected chi connectivity index (χ3v) is 12.2. The van der Waals surface area contributed by atoms with Crippen LogP contribution in [0, 0.1) is 0 Å². The number of likely N-dealkylation sites (tertiary alicyclic amines) is 3. The van der Waals surface area contributed by atoms with Crippen LogP contribution in [0.15, 0.2) is 86.7 Å². The summed E-state index contributed by atoms with van der Waals surface area (Å²) in [6.07, 6.45) is 9.09. The molecule has 3 N–H and O–H groups in total. The van der Waals surface area contributed by atoms with Gasteiger partial charge in [-0.1, -0.05) is 61.0 Å². The maximum absolute atomic E-state index is 14.1. The third kappa shape index (κ3) is 8.34. The Morgan fingerprint density at radius 3 is 2.00 bits per heavy atom. The monoisotopic (exact) mass is 832 g/mol. The second-order valence-electron chi connectivity index (χ2n) is 14.3. The lowest BCUT2D eigenvalue weighted by Crippen LogP contribution is -2.56. The number of amides is 3. The number of H-pyrrole nitrogens is 1. The van der Waals surface area contributed by atoms with E-state index in [-0.39, 0.29) is 29.4 Å². The van der Waals surface area contributed by atoms with Gasteiger partial charge in [0.1, 0.15) is 11.8 Å². The molecule has 3 aromatic carbocycles. The zero-order valence-corrected chi connectivity index (χ0v) is 32.4. The maximum Gasteiger partial charge on any atom is 0.326 e. The number of phenols is 1. The topological polar surface area (TPSA) is 114 Å². The quantitative estimate of drug-likeness (QED) is 0.174. The summed E-state index contributed by atoms with van der Waals surface area (Å²) in [5.41, 5.74) is 4.61. The van der Waals surface area contributed by atoms with Crippen LogP contribution in [-0.4, -0.2) is 92.6 Å². The Morgan fingerprint density at radius 2 is 1.35 bits per heavy atom. The van der Waals surface area contributed by atoms with Crippen LogP contribution in [0.2, 0.25) is 0 Å². The number of nitrogens with zero attached hydrogens (tertiary/aromatic N) is 4. The van der Waals surface area contributed by atoms with Crippen LogP contribution < -0.4 is 11.0 Å². The first-order valence-electron chi connectivity index (χ1n) is 18.5. The van der Waals surface area contributed by atoms with Crippen LogP contribution in [0.5, 0.6) is 5.75 Å². The van der Waals surface area contributed by atoms with Gasteiger partial charge in [0.25, 0.3) is 0 Å². The first kappa shape index (κ1) is 36.5. The van der Waals surface area contributed by atoms with Gasteiger partial charge in [0.15, 0.2) is 0 Å². The van der Waals surface area contributed by atoms with Gasteiger partial charge in [-0.15, -0.1) is 0 Å². The van der Waals surface area contributed by atoms with E-state index < -0.39 is 6.04 Å². The van der Waals surface area contributed by atoms with Crippen molar-refractivity contribution in [3.8, 4) is 28.1 Å². The highest BCUT2D eigenvalue weighted by molar-refractivity contribution is 9.11. The lowest BCUT2D eigenvalue weighted by molar-refractivity contribution is -0.134. The maximum atomic E-state index is 14.1. The number of carbonyl (C=O) groups excluding carboxylic acids is 2. The van der Waals surface area contributed by atoms with Crippen molar-refractivity contribution in [1.82, 2.24) is 29.6 Å². The zero-order chi connectivity index (χ0) is 36.2. The van der Waals surface area contributed by atoms with Gasteiger partial charge in [0.05, 0.1) is 14.6 Å². The number of hydrogen-bond acceptors (Lipinski definition) is 5. The van der Waals surface area contributed by atoms with E-state index in [1.54, 1.807) is 21.6 Å². The summed E-state index contributed by atoms with van der Waals surface area (Å²) in [6.45, 7) is 4.56. The fraction of sp³-hybridized carbons (Fsp3) is 0.425. The van der Waals surface area contributed by atoms with Gasteiger partial charge in [0, 0.05) is 50.9 Å². The molecule has 3 aliphatic rings. The Morgan fingerprint density at radius 1 is 0.769 bits per heavy atom. The predicted octanol–water partition coefficient (Wildman–Crippen LogP) is 7.18. The number of benzene rings is 3. The SMILES string of the molecule is O=C(N[C@H](Cc1cc(Br)c(O)c(Br)c1)C(=O)N1CCC(N2CCCCC2)CC1)N1CCC(n2cc(-c3ccc(-c4ccccc4)cc3)[nH]c2=O)CC1. The fourth-order valence-corrected chi connectivity index (χ4v) is 9.30. The molecule has 0 bridgehead atoms. The average molecular weight is 835 g/mol. The smallest absolute Gasteiger partial charge is 0.326 e. The van der Waals surface area contributed by atoms with Gasteiger partial charge in [-0.05, 0) is 118 Å². The van der Waals surface area contributed by atoms with Gasteiger partial charge in [-0.25, -0.2) is 9.59 Å². The predicted molar refractivity (Wildman–Crippen MR) is 210 cm³/mol. The van der Waals surface area contributed by atoms with Crippen LogP contribution >= 0.6 is 31.9 Å². The minimum Gasteiger partial charge on any atom is -0.506 e. The highest BCUT2D eigenvalue weighted by atomic mass is 79.9. The summed E-state index contributed by atoms with van der Waals surface area (Å²) < 4.78 is 2.80. The number of hydrogen-bond donors (Lipinski definition) is 3. The van der Waals surface area contributed by atoms with Crippen molar-refractivity contribution >= 4 is 43.8 Å². The van der Waals surface area contributed by atoms with Crippen molar-refractivity contribution in [2.24, 2.45) is 0 Å². The molecule has 3 saturated heterocycles. The lowest BCUT2D eigenvalue weighted by Gasteiger charge is -2.41. The average Bonchev–Trinajstić information content (AvgIpc) is 3.58. The van der Waals surface area contributed by atoms with Crippen molar-refractivity contribution in [2.75, 3.05) is 39.3 Å². The highest BCUT2D eigenvalue weighted by Gasteiger charge is 2.34. The first-order chi connectivity index (χ1) is 25.2. The van der Waals surface area contributed by atoms with E-state index in [4.69, 9.17) is 0 Å². The number of aromatic nitrogens is 2. The minimum atomic E-state index is -0.761. The number of piperidine rings is 3. The van der Waals surface area contributed by atoms with Crippen molar-refractivity contribution in [1.29, 1.82) is 0 Å². The van der Waals surface area contributed by atoms with Crippen LogP contribution in [0.25, 0.3) is 22.4 Å². The summed E-state index contributed by atoms with van der Waals surface area (Å²) in [5, 5.41) is 13.4. The van der Waals surface area contributed by atoms with Crippen molar-refractivity contribution in [2.45, 2.75) is 69.5 Å². The van der Waals surface area contributed by atoms with E-state index in [0.29, 0.717) is 60.4 Å². The molecule has 3 amide bonds. The number of imidazole rings is 1. The largest absolute Gasteiger partial charge is 0.506 e. The fourth-order valence-electron chi connectivity index (χ4n) is 8.01. The Bertz CT molecular complexity index is 1890. The molecule has 7 rings (SSSR count). The second-order valence-corrected chi connectivity index (χ2v) is 16.0. The molecular weight excluding hydrogens is 788 g/mol. The van der Waals surface area contributed by atoms with Crippen LogP contribution in [0.3, 0.4) is 0 Å². The van der Waals surface area contributed by atoms with Gasteiger partial charge in [-0.3, -0.25) is 9.36 Å². The van der Waals surface area contributed by atoms with Crippen molar-refractivity contribution in [3.63, 3.8) is 0 Å². The molecule has 0 radical (unpaired) electrons. The Hall–Kier alpha value is -3.87. The van der Waals surface area contributed by atoms with Gasteiger partial charge in [0.2, 0.25) is 5.91 Å². The van der Waals surface area contributed by atoms with E-state index in [2.05, 4.69) is 71.3 Å². The molecule has 0 aliphatic carbocycles. The molecule has 1 aromatic heterocycles. The van der Waals surface area contributed by atoms with E-state index in [1.165, 1.54) is 19.3 Å². The van der Waals surface area contributed by atoms with Gasteiger partial charge < -0.3 is 30.1 Å². The summed E-state index contributed by atoms with van der Waals surface area (Å²) in [6, 6.07) is 21.4. The molecule has 12 heteroatoms. The molecule has 10 nitrogen and oxygen atoms in total. The first-order valence-corrected chi connectivity index (χ1v) is 20.0. The zero-order valence-electron chi connectivity index (χ0n) is 29.3. The standard InChI is InChI=1S/C40H46Br2N6O4/c41-33-23-27(24-34(42)37(33)49)25-35(38(50)46-19-13-31(14-20-46)45-17-5-2-6-18-45)43-39(51)47-21-15-32(16-22-47)48-26-36(44-40(48)52)30-11-9-29(10-12-30)28-7-3-1-4-8-28/h1,3-4,7-12,23-24,26,31-32,35,49H,2,5-6,13-22,25H2,(H,43,51)(H,44,52)/t35-/m1/s1. The number of phenolic OH excluding ortho intramolecular Hbond substituents is 1. The van der Waals surface area contributed by atoms with Gasteiger partial charge >= 0.3 is 11.7 Å². The number of carbonyl (C=O) groups is 2. The highest BCUT2D eigenvalue weighted by Crippen LogP contribution is 2.34. The van der Waals surface area contributed by atoms with E-state index >= 15 is 0 Å². The Labute approximate surface area is 321 Å². The van der Waals surface area contributed by atoms with Gasteiger partial charge in [-0.2, -0.15) is 0 Å². The number of nitrogens with one attached hydrogen (secondary N) is 2. The van der Waals surface area contributed by atoms with Crippen LogP contribution in [0.4, 0.5) is 4.79 Å². The van der Waals surface area contributed by atoms with Crippen LogP contribution in [-0.2, 0) is 11.2 Å². The number of rotatable bonds is 8. The summed E-state index contributed by atoms with van der Waals surface area (Å²) in [4.78, 5) is 50.2. The molecule has 0 spiro atoms. The van der Waals surface area contributed by atoms with E-state index in [0.717, 1.165) is 53.9 Å². The molecule has 274 valence electrons. The molecule has 3 aliphatic heterocycles.